The molecule has 0 radical (unpaired) electrons. The second-order valence-corrected chi connectivity index (χ2v) is 6.22. The molecule has 0 spiro atoms. The monoisotopic (exact) mass is 337 g/mol. The maximum absolute atomic E-state index is 5.83. The lowest BCUT2D eigenvalue weighted by Crippen LogP contribution is -2.00. The van der Waals surface area contributed by atoms with Crippen LogP contribution in [0.15, 0.2) is 84.9 Å². The lowest BCUT2D eigenvalue weighted by atomic mass is 10.0. The number of nitrogen functional groups attached to an aromatic ring is 1. The molecule has 126 valence electrons. The summed E-state index contributed by atoms with van der Waals surface area (Å²) in [7, 11) is 0. The Balaban J connectivity index is 1.97. The Labute approximate surface area is 153 Å². The topological polar surface area (TPSA) is 51.8 Å². The van der Waals surface area contributed by atoms with Gasteiger partial charge in [0.25, 0.3) is 0 Å². The van der Waals surface area contributed by atoms with Gasteiger partial charge in [-0.3, -0.25) is 0 Å². The lowest BCUT2D eigenvalue weighted by Gasteiger charge is -2.13. The van der Waals surface area contributed by atoms with Gasteiger partial charge in [0.15, 0.2) is 5.82 Å². The van der Waals surface area contributed by atoms with Gasteiger partial charge in [-0.2, -0.15) is 0 Å². The van der Waals surface area contributed by atoms with Gasteiger partial charge in [0.2, 0.25) is 0 Å². The minimum Gasteiger partial charge on any atom is -0.399 e. The molecule has 4 aromatic rings. The Morgan fingerprint density at radius 2 is 1.04 bits per heavy atom. The zero-order valence-electron chi connectivity index (χ0n) is 14.6. The number of rotatable bonds is 3. The first-order valence-corrected chi connectivity index (χ1v) is 8.58. The molecule has 0 bridgehead atoms. The first kappa shape index (κ1) is 16.0. The summed E-state index contributed by atoms with van der Waals surface area (Å²) in [6.07, 6.45) is 0. The second kappa shape index (κ2) is 6.81. The third-order valence-corrected chi connectivity index (χ3v) is 4.41. The smallest absolute Gasteiger partial charge is 0.160 e. The predicted molar refractivity (Wildman–Crippen MR) is 107 cm³/mol. The molecule has 0 saturated carbocycles. The summed E-state index contributed by atoms with van der Waals surface area (Å²) in [4.78, 5) is 9.75. The van der Waals surface area contributed by atoms with Gasteiger partial charge < -0.3 is 5.73 Å². The van der Waals surface area contributed by atoms with E-state index in [-0.39, 0.29) is 0 Å². The molecule has 0 amide bonds. The third kappa shape index (κ3) is 3.07. The normalized spacial score (nSPS) is 10.7. The number of hydrogen-bond acceptors (Lipinski definition) is 3. The quantitative estimate of drug-likeness (QED) is 0.511. The number of hydrogen-bond donors (Lipinski definition) is 1. The molecule has 26 heavy (non-hydrogen) atoms. The summed E-state index contributed by atoms with van der Waals surface area (Å²) >= 11 is 0. The van der Waals surface area contributed by atoms with E-state index in [0.717, 1.165) is 39.3 Å². The number of nitrogens with zero attached hydrogens (tertiary/aromatic N) is 2. The first-order valence-electron chi connectivity index (χ1n) is 8.58. The van der Waals surface area contributed by atoms with Crippen LogP contribution >= 0.6 is 0 Å². The van der Waals surface area contributed by atoms with Crippen LogP contribution in [0.2, 0.25) is 0 Å². The summed E-state index contributed by atoms with van der Waals surface area (Å²) in [6.45, 7) is 2.08. The Morgan fingerprint density at radius 3 is 1.50 bits per heavy atom. The molecule has 3 nitrogen and oxygen atoms in total. The van der Waals surface area contributed by atoms with Crippen LogP contribution in [0.4, 0.5) is 5.69 Å². The zero-order chi connectivity index (χ0) is 17.9. The highest BCUT2D eigenvalue weighted by Gasteiger charge is 2.15. The lowest BCUT2D eigenvalue weighted by molar-refractivity contribution is 1.15. The average Bonchev–Trinajstić information content (AvgIpc) is 2.70. The van der Waals surface area contributed by atoms with E-state index >= 15 is 0 Å². The molecule has 1 heterocycles. The Bertz CT molecular complexity index is 964. The minimum atomic E-state index is 0.702. The molecule has 0 unspecified atom stereocenters. The fourth-order valence-corrected chi connectivity index (χ4v) is 3.03. The van der Waals surface area contributed by atoms with E-state index in [9.17, 15) is 0 Å². The van der Waals surface area contributed by atoms with Gasteiger partial charge in [-0.25, -0.2) is 9.97 Å². The molecule has 0 aliphatic rings. The van der Waals surface area contributed by atoms with Gasteiger partial charge in [-0.1, -0.05) is 60.7 Å². The van der Waals surface area contributed by atoms with Crippen molar-refractivity contribution < 1.29 is 0 Å². The van der Waals surface area contributed by atoms with E-state index < -0.39 is 0 Å². The molecule has 4 rings (SSSR count). The zero-order valence-corrected chi connectivity index (χ0v) is 14.6. The minimum absolute atomic E-state index is 0.702. The van der Waals surface area contributed by atoms with Crippen LogP contribution in [0, 0.1) is 6.92 Å². The van der Waals surface area contributed by atoms with Crippen molar-refractivity contribution in [1.29, 1.82) is 0 Å². The third-order valence-electron chi connectivity index (χ3n) is 4.41. The summed E-state index contributed by atoms with van der Waals surface area (Å²) in [5.41, 5.74) is 12.7. The molecule has 2 N–H and O–H groups in total. The average molecular weight is 337 g/mol. The molecule has 0 fully saturated rings. The molecule has 0 atom stereocenters. The Morgan fingerprint density at radius 1 is 0.577 bits per heavy atom. The van der Waals surface area contributed by atoms with Gasteiger partial charge in [0, 0.05) is 27.9 Å². The van der Waals surface area contributed by atoms with Crippen molar-refractivity contribution in [3.8, 4) is 33.9 Å². The van der Waals surface area contributed by atoms with Crippen LogP contribution < -0.4 is 5.73 Å². The van der Waals surface area contributed by atoms with Crippen molar-refractivity contribution in [3.63, 3.8) is 0 Å². The Kier molecular flexibility index (Phi) is 4.20. The summed E-state index contributed by atoms with van der Waals surface area (Å²) in [5, 5.41) is 0. The number of nitrogens with two attached hydrogens (primary N) is 1. The predicted octanol–water partition coefficient (Wildman–Crippen LogP) is 5.37. The van der Waals surface area contributed by atoms with E-state index in [1.165, 1.54) is 0 Å². The van der Waals surface area contributed by atoms with Crippen LogP contribution in [0.1, 0.15) is 5.56 Å². The van der Waals surface area contributed by atoms with E-state index in [0.29, 0.717) is 5.82 Å². The standard InChI is InChI=1S/C23H19N3/c1-16-21(17-8-4-2-5-9-17)25-23(19-12-14-20(24)15-13-19)26-22(16)18-10-6-3-7-11-18/h2-15H,24H2,1H3. The van der Waals surface area contributed by atoms with Crippen LogP contribution in [0.25, 0.3) is 33.9 Å². The summed E-state index contributed by atoms with van der Waals surface area (Å²) in [6, 6.07) is 28.1. The second-order valence-electron chi connectivity index (χ2n) is 6.22. The van der Waals surface area contributed by atoms with E-state index in [1.54, 1.807) is 0 Å². The van der Waals surface area contributed by atoms with Crippen molar-refractivity contribution >= 4 is 5.69 Å². The van der Waals surface area contributed by atoms with Crippen molar-refractivity contribution in [2.45, 2.75) is 6.92 Å². The van der Waals surface area contributed by atoms with Crippen molar-refractivity contribution in [2.24, 2.45) is 0 Å². The first-order chi connectivity index (χ1) is 12.7. The molecule has 3 heteroatoms. The molecule has 3 aromatic carbocycles. The summed E-state index contributed by atoms with van der Waals surface area (Å²) < 4.78 is 0. The van der Waals surface area contributed by atoms with Crippen LogP contribution in [-0.2, 0) is 0 Å². The SMILES string of the molecule is Cc1c(-c2ccccc2)nc(-c2ccc(N)cc2)nc1-c1ccccc1. The van der Waals surface area contributed by atoms with E-state index in [4.69, 9.17) is 15.7 Å². The van der Waals surface area contributed by atoms with Gasteiger partial charge in [0.1, 0.15) is 0 Å². The van der Waals surface area contributed by atoms with Crippen LogP contribution in [0.3, 0.4) is 0 Å². The summed E-state index contributed by atoms with van der Waals surface area (Å²) in [5.74, 6) is 0.702. The maximum atomic E-state index is 5.83. The highest BCUT2D eigenvalue weighted by atomic mass is 14.9. The Hall–Kier alpha value is -3.46. The molecular weight excluding hydrogens is 318 g/mol. The van der Waals surface area contributed by atoms with Crippen LogP contribution in [-0.4, -0.2) is 9.97 Å². The molecule has 1 aromatic heterocycles. The van der Waals surface area contributed by atoms with Crippen molar-refractivity contribution in [3.05, 3.63) is 90.5 Å². The van der Waals surface area contributed by atoms with E-state index in [2.05, 4.69) is 31.2 Å². The number of benzene rings is 3. The molecule has 0 aliphatic carbocycles. The van der Waals surface area contributed by atoms with Gasteiger partial charge in [-0.15, -0.1) is 0 Å². The highest BCUT2D eigenvalue weighted by molar-refractivity contribution is 5.76. The van der Waals surface area contributed by atoms with Gasteiger partial charge >= 0.3 is 0 Å². The fraction of sp³-hybridized carbons (Fsp3) is 0.0435. The number of aromatic nitrogens is 2. The maximum Gasteiger partial charge on any atom is 0.160 e. The van der Waals surface area contributed by atoms with E-state index in [1.807, 2.05) is 60.7 Å². The van der Waals surface area contributed by atoms with Crippen molar-refractivity contribution in [1.82, 2.24) is 9.97 Å². The highest BCUT2D eigenvalue weighted by Crippen LogP contribution is 2.31. The van der Waals surface area contributed by atoms with Gasteiger partial charge in [0.05, 0.1) is 11.4 Å². The van der Waals surface area contributed by atoms with Crippen LogP contribution in [0.5, 0.6) is 0 Å². The van der Waals surface area contributed by atoms with Crippen molar-refractivity contribution in [2.75, 3.05) is 5.73 Å². The largest absolute Gasteiger partial charge is 0.399 e. The number of anilines is 1. The fourth-order valence-electron chi connectivity index (χ4n) is 3.03. The molecular formula is C23H19N3. The van der Waals surface area contributed by atoms with Gasteiger partial charge in [-0.05, 0) is 31.2 Å². The molecule has 0 aliphatic heterocycles. The molecule has 0 saturated heterocycles.